The zero-order valence-electron chi connectivity index (χ0n) is 19.6. The molecule has 0 aromatic rings. The molecule has 0 spiro atoms. The van der Waals surface area contributed by atoms with Crippen molar-refractivity contribution >= 4 is 29.6 Å². The summed E-state index contributed by atoms with van der Waals surface area (Å²) < 4.78 is 0. The van der Waals surface area contributed by atoms with Gasteiger partial charge in [0.15, 0.2) is 5.96 Å². The van der Waals surface area contributed by atoms with E-state index in [1.54, 1.807) is 13.8 Å². The number of carbonyl (C=O) groups is 4. The van der Waals surface area contributed by atoms with E-state index in [0.717, 1.165) is 0 Å². The fraction of sp³-hybridized carbons (Fsp3) is 0.750. The summed E-state index contributed by atoms with van der Waals surface area (Å²) in [6.07, 6.45) is 0.136. The topological polar surface area (TPSA) is 201 Å². The normalized spacial score (nSPS) is 15.3. The van der Waals surface area contributed by atoms with E-state index in [1.807, 2.05) is 6.92 Å². The molecule has 0 aliphatic rings. The average molecular weight is 458 g/mol. The van der Waals surface area contributed by atoms with Crippen molar-refractivity contribution in [2.75, 3.05) is 13.1 Å². The number of rotatable bonds is 14. The lowest BCUT2D eigenvalue weighted by Gasteiger charge is -2.28. The molecule has 4 amide bonds. The minimum atomic E-state index is -1.22. The molecule has 0 aliphatic heterocycles. The summed E-state index contributed by atoms with van der Waals surface area (Å²) in [5.41, 5.74) is 10.6. The lowest BCUT2D eigenvalue weighted by molar-refractivity contribution is -0.136. The molecule has 0 bridgehead atoms. The van der Waals surface area contributed by atoms with Crippen LogP contribution < -0.4 is 32.7 Å². The zero-order valence-corrected chi connectivity index (χ0v) is 19.6. The Morgan fingerprint density at radius 1 is 0.938 bits per heavy atom. The van der Waals surface area contributed by atoms with Gasteiger partial charge in [0.05, 0.1) is 6.10 Å². The van der Waals surface area contributed by atoms with Gasteiger partial charge in [-0.05, 0) is 32.6 Å². The Bertz CT molecular complexity index is 665. The standard InChI is InChI=1S/C20H39N7O5/c1-6-11(3)15(27-19(32)16(12(4)28)25-13(5)29)18(31)26-14(17(30)23-7-2)9-8-10-24-20(21)22/h11-12,14-16,28H,6-10H2,1-5H3,(H,23,30)(H,25,29)(H,26,31)(H,27,32)(H4,21,22,24)/t11?,12?,14-,15-,16-/m0/s1. The molecule has 0 aromatic heterocycles. The molecule has 32 heavy (non-hydrogen) atoms. The smallest absolute Gasteiger partial charge is 0.245 e. The van der Waals surface area contributed by atoms with Gasteiger partial charge in [0.25, 0.3) is 0 Å². The summed E-state index contributed by atoms with van der Waals surface area (Å²) in [6, 6.07) is -3.04. The summed E-state index contributed by atoms with van der Waals surface area (Å²) in [5, 5.41) is 20.2. The van der Waals surface area contributed by atoms with Gasteiger partial charge >= 0.3 is 0 Å². The Morgan fingerprint density at radius 3 is 2.00 bits per heavy atom. The summed E-state index contributed by atoms with van der Waals surface area (Å²) >= 11 is 0. The van der Waals surface area contributed by atoms with Crippen LogP contribution in [0.2, 0.25) is 0 Å². The van der Waals surface area contributed by atoms with Gasteiger partial charge in [0.2, 0.25) is 23.6 Å². The molecule has 0 aromatic carbocycles. The van der Waals surface area contributed by atoms with E-state index in [0.29, 0.717) is 25.9 Å². The number of aliphatic hydroxyl groups excluding tert-OH is 1. The molecular formula is C20H39N7O5. The van der Waals surface area contributed by atoms with Crippen molar-refractivity contribution < 1.29 is 24.3 Å². The van der Waals surface area contributed by atoms with Crippen molar-refractivity contribution in [3.63, 3.8) is 0 Å². The lowest BCUT2D eigenvalue weighted by Crippen LogP contribution is -2.60. The highest BCUT2D eigenvalue weighted by Gasteiger charge is 2.33. The van der Waals surface area contributed by atoms with Crippen molar-refractivity contribution in [2.24, 2.45) is 22.4 Å². The Kier molecular flexibility index (Phi) is 13.6. The molecule has 184 valence electrons. The highest BCUT2D eigenvalue weighted by molar-refractivity contribution is 5.94. The Hall–Kier alpha value is -2.89. The number of guanidine groups is 1. The average Bonchev–Trinajstić information content (AvgIpc) is 2.71. The van der Waals surface area contributed by atoms with Gasteiger partial charge < -0.3 is 37.8 Å². The summed E-state index contributed by atoms with van der Waals surface area (Å²) in [5.74, 6) is -2.43. The number of aliphatic hydroxyl groups is 1. The SMILES string of the molecule is CCNC(=O)[C@H](CCCN=C(N)N)NC(=O)[C@@H](NC(=O)[C@@H](NC(C)=O)C(C)O)C(C)CC. The molecule has 0 aliphatic carbocycles. The first-order chi connectivity index (χ1) is 14.9. The molecule has 0 radical (unpaired) electrons. The molecule has 0 saturated carbocycles. The quantitative estimate of drug-likeness (QED) is 0.0894. The summed E-state index contributed by atoms with van der Waals surface area (Å²) in [6.45, 7) is 8.66. The van der Waals surface area contributed by atoms with Crippen LogP contribution in [0, 0.1) is 5.92 Å². The van der Waals surface area contributed by atoms with E-state index in [4.69, 9.17) is 11.5 Å². The van der Waals surface area contributed by atoms with E-state index in [2.05, 4.69) is 26.3 Å². The van der Waals surface area contributed by atoms with Crippen LogP contribution in [0.15, 0.2) is 4.99 Å². The summed E-state index contributed by atoms with van der Waals surface area (Å²) in [4.78, 5) is 53.4. The number of carbonyl (C=O) groups excluding carboxylic acids is 4. The van der Waals surface area contributed by atoms with E-state index in [9.17, 15) is 24.3 Å². The number of likely N-dealkylation sites (N-methyl/N-ethyl adjacent to an activating group) is 1. The third-order valence-corrected chi connectivity index (χ3v) is 4.85. The molecule has 12 heteroatoms. The molecule has 5 atom stereocenters. The predicted molar refractivity (Wildman–Crippen MR) is 121 cm³/mol. The van der Waals surface area contributed by atoms with Gasteiger partial charge in [-0.25, -0.2) is 0 Å². The minimum absolute atomic E-state index is 0.0602. The van der Waals surface area contributed by atoms with Crippen LogP contribution in [-0.4, -0.2) is 72.0 Å². The first-order valence-corrected chi connectivity index (χ1v) is 10.8. The zero-order chi connectivity index (χ0) is 24.8. The molecule has 0 saturated heterocycles. The van der Waals surface area contributed by atoms with Crippen LogP contribution in [0.1, 0.15) is 53.9 Å². The second-order valence-electron chi connectivity index (χ2n) is 7.70. The van der Waals surface area contributed by atoms with Crippen LogP contribution in [0.3, 0.4) is 0 Å². The first-order valence-electron chi connectivity index (χ1n) is 10.8. The van der Waals surface area contributed by atoms with Gasteiger partial charge in [-0.3, -0.25) is 24.2 Å². The molecule has 2 unspecified atom stereocenters. The van der Waals surface area contributed by atoms with Gasteiger partial charge in [0.1, 0.15) is 18.1 Å². The third kappa shape index (κ3) is 10.9. The van der Waals surface area contributed by atoms with Crippen LogP contribution >= 0.6 is 0 Å². The largest absolute Gasteiger partial charge is 0.391 e. The number of nitrogens with one attached hydrogen (secondary N) is 4. The molecule has 0 heterocycles. The predicted octanol–water partition coefficient (Wildman–Crippen LogP) is -1.92. The van der Waals surface area contributed by atoms with E-state index >= 15 is 0 Å². The Balaban J connectivity index is 5.46. The third-order valence-electron chi connectivity index (χ3n) is 4.85. The van der Waals surface area contributed by atoms with E-state index < -0.39 is 42.0 Å². The van der Waals surface area contributed by atoms with Gasteiger partial charge in [-0.1, -0.05) is 20.3 Å². The van der Waals surface area contributed by atoms with Crippen LogP contribution in [0.4, 0.5) is 0 Å². The Morgan fingerprint density at radius 2 is 1.53 bits per heavy atom. The van der Waals surface area contributed by atoms with Crippen molar-refractivity contribution in [3.05, 3.63) is 0 Å². The Labute approximate surface area is 189 Å². The number of amides is 4. The maximum absolute atomic E-state index is 13.0. The van der Waals surface area contributed by atoms with Gasteiger partial charge in [-0.2, -0.15) is 0 Å². The molecular weight excluding hydrogens is 418 g/mol. The lowest BCUT2D eigenvalue weighted by atomic mass is 9.96. The van der Waals surface area contributed by atoms with Gasteiger partial charge in [0, 0.05) is 20.0 Å². The van der Waals surface area contributed by atoms with Gasteiger partial charge in [-0.15, -0.1) is 0 Å². The fourth-order valence-corrected chi connectivity index (χ4v) is 2.90. The fourth-order valence-electron chi connectivity index (χ4n) is 2.90. The number of hydrogen-bond acceptors (Lipinski definition) is 6. The first kappa shape index (κ1) is 29.1. The van der Waals surface area contributed by atoms with E-state index in [-0.39, 0.29) is 24.2 Å². The second kappa shape index (κ2) is 15.0. The minimum Gasteiger partial charge on any atom is -0.391 e. The maximum atomic E-state index is 13.0. The van der Waals surface area contributed by atoms with Crippen molar-refractivity contribution in [3.8, 4) is 0 Å². The highest BCUT2D eigenvalue weighted by atomic mass is 16.3. The highest BCUT2D eigenvalue weighted by Crippen LogP contribution is 2.10. The van der Waals surface area contributed by atoms with Crippen LogP contribution in [0.25, 0.3) is 0 Å². The maximum Gasteiger partial charge on any atom is 0.245 e. The summed E-state index contributed by atoms with van der Waals surface area (Å²) in [7, 11) is 0. The molecule has 0 rings (SSSR count). The molecule has 0 fully saturated rings. The molecule has 9 N–H and O–H groups in total. The van der Waals surface area contributed by atoms with Crippen LogP contribution in [0.5, 0.6) is 0 Å². The number of aliphatic imine (C=N–C) groups is 1. The van der Waals surface area contributed by atoms with Crippen molar-refractivity contribution in [1.82, 2.24) is 21.3 Å². The second-order valence-corrected chi connectivity index (χ2v) is 7.70. The van der Waals surface area contributed by atoms with Crippen LogP contribution in [-0.2, 0) is 19.2 Å². The number of hydrogen-bond donors (Lipinski definition) is 7. The number of nitrogens with zero attached hydrogens (tertiary/aromatic N) is 1. The monoisotopic (exact) mass is 457 g/mol. The van der Waals surface area contributed by atoms with Crippen molar-refractivity contribution in [1.29, 1.82) is 0 Å². The molecule has 12 nitrogen and oxygen atoms in total. The van der Waals surface area contributed by atoms with E-state index in [1.165, 1.54) is 13.8 Å². The van der Waals surface area contributed by atoms with Crippen molar-refractivity contribution in [2.45, 2.75) is 78.1 Å². The number of nitrogens with two attached hydrogens (primary N) is 2.